The van der Waals surface area contributed by atoms with Gasteiger partial charge in [-0.25, -0.2) is 0 Å². The van der Waals surface area contributed by atoms with Gasteiger partial charge in [0, 0.05) is 39.0 Å². The van der Waals surface area contributed by atoms with Gasteiger partial charge in [-0.15, -0.1) is 0 Å². The molecule has 6 nitrogen and oxygen atoms in total. The Hall–Kier alpha value is -2.73. The van der Waals surface area contributed by atoms with Gasteiger partial charge in [-0.1, -0.05) is 36.4 Å². The van der Waals surface area contributed by atoms with Gasteiger partial charge in [-0.3, -0.25) is 14.6 Å². The van der Waals surface area contributed by atoms with E-state index in [0.29, 0.717) is 6.54 Å². The molecule has 1 aromatic heterocycles. The minimum atomic E-state index is -0.676. The van der Waals surface area contributed by atoms with Crippen LogP contribution in [0.1, 0.15) is 23.7 Å². The lowest BCUT2D eigenvalue weighted by molar-refractivity contribution is -0.131. The van der Waals surface area contributed by atoms with Gasteiger partial charge < -0.3 is 15.4 Å². The molecule has 0 aliphatic heterocycles. The summed E-state index contributed by atoms with van der Waals surface area (Å²) in [6.45, 7) is 0.676. The number of benzene rings is 1. The average Bonchev–Trinajstić information content (AvgIpc) is 2.62. The monoisotopic (exact) mass is 327 g/mol. The smallest absolute Gasteiger partial charge is 0.253 e. The summed E-state index contributed by atoms with van der Waals surface area (Å²) in [6, 6.07) is 12.9. The molecule has 0 aliphatic rings. The number of hydrogen-bond donors (Lipinski definition) is 2. The maximum absolute atomic E-state index is 12.2. The van der Waals surface area contributed by atoms with E-state index in [4.69, 9.17) is 4.74 Å². The van der Waals surface area contributed by atoms with Crippen molar-refractivity contribution in [3.63, 3.8) is 0 Å². The van der Waals surface area contributed by atoms with Crippen molar-refractivity contribution < 1.29 is 14.3 Å². The lowest BCUT2D eigenvalue weighted by Gasteiger charge is -2.15. The van der Waals surface area contributed by atoms with E-state index < -0.39 is 6.10 Å². The molecule has 1 heterocycles. The normalized spacial score (nSPS) is 11.5. The van der Waals surface area contributed by atoms with Crippen molar-refractivity contribution in [2.75, 3.05) is 13.7 Å². The molecule has 0 aliphatic carbocycles. The van der Waals surface area contributed by atoms with Gasteiger partial charge in [0.15, 0.2) is 6.10 Å². The molecular formula is C18H21N3O3. The number of ether oxygens (including phenoxy) is 1. The van der Waals surface area contributed by atoms with Crippen molar-refractivity contribution in [1.82, 2.24) is 15.6 Å². The molecule has 0 radical (unpaired) electrons. The van der Waals surface area contributed by atoms with E-state index in [2.05, 4.69) is 15.6 Å². The third-order valence-electron chi connectivity index (χ3n) is 3.44. The van der Waals surface area contributed by atoms with E-state index in [-0.39, 0.29) is 24.8 Å². The lowest BCUT2D eigenvalue weighted by Crippen LogP contribution is -2.34. The molecule has 126 valence electrons. The second kappa shape index (κ2) is 9.42. The summed E-state index contributed by atoms with van der Waals surface area (Å²) >= 11 is 0. The van der Waals surface area contributed by atoms with E-state index in [1.54, 1.807) is 12.4 Å². The third kappa shape index (κ3) is 5.48. The maximum Gasteiger partial charge on any atom is 0.253 e. The molecule has 1 atom stereocenters. The van der Waals surface area contributed by atoms with Crippen LogP contribution in [0.2, 0.25) is 0 Å². The molecule has 0 fully saturated rings. The Morgan fingerprint density at radius 1 is 1.12 bits per heavy atom. The van der Waals surface area contributed by atoms with Crippen LogP contribution >= 0.6 is 0 Å². The van der Waals surface area contributed by atoms with Crippen LogP contribution in [0.4, 0.5) is 0 Å². The fourth-order valence-corrected chi connectivity index (χ4v) is 2.21. The molecule has 2 rings (SSSR count). The Labute approximate surface area is 141 Å². The number of carbonyl (C=O) groups excluding carboxylic acids is 2. The summed E-state index contributed by atoms with van der Waals surface area (Å²) in [4.78, 5) is 27.9. The van der Waals surface area contributed by atoms with Crippen molar-refractivity contribution in [2.45, 2.75) is 19.1 Å². The summed E-state index contributed by atoms with van der Waals surface area (Å²) in [7, 11) is 1.48. The highest BCUT2D eigenvalue weighted by molar-refractivity contribution is 5.83. The van der Waals surface area contributed by atoms with E-state index in [1.807, 2.05) is 42.5 Å². The molecule has 1 aromatic carbocycles. The zero-order valence-electron chi connectivity index (χ0n) is 13.6. The zero-order valence-corrected chi connectivity index (χ0v) is 13.6. The largest absolute Gasteiger partial charge is 0.367 e. The van der Waals surface area contributed by atoms with E-state index in [0.717, 1.165) is 11.1 Å². The summed E-state index contributed by atoms with van der Waals surface area (Å²) in [6.07, 6.45) is 2.91. The maximum atomic E-state index is 12.2. The Morgan fingerprint density at radius 3 is 2.58 bits per heavy atom. The Kier molecular flexibility index (Phi) is 6.91. The lowest BCUT2D eigenvalue weighted by atomic mass is 10.1. The topological polar surface area (TPSA) is 80.3 Å². The number of nitrogens with one attached hydrogen (secondary N) is 2. The number of carbonyl (C=O) groups is 2. The summed E-state index contributed by atoms with van der Waals surface area (Å²) < 4.78 is 5.24. The van der Waals surface area contributed by atoms with Gasteiger partial charge in [0.25, 0.3) is 5.91 Å². The van der Waals surface area contributed by atoms with Crippen molar-refractivity contribution in [1.29, 1.82) is 0 Å². The molecular weight excluding hydrogens is 306 g/mol. The molecule has 24 heavy (non-hydrogen) atoms. The van der Waals surface area contributed by atoms with Crippen LogP contribution in [0.25, 0.3) is 0 Å². The van der Waals surface area contributed by atoms with Gasteiger partial charge in [0.2, 0.25) is 5.91 Å². The van der Waals surface area contributed by atoms with Gasteiger partial charge in [-0.2, -0.15) is 0 Å². The molecule has 2 N–H and O–H groups in total. The summed E-state index contributed by atoms with van der Waals surface area (Å²) in [5.41, 5.74) is 1.71. The van der Waals surface area contributed by atoms with Crippen molar-refractivity contribution >= 4 is 11.8 Å². The third-order valence-corrected chi connectivity index (χ3v) is 3.44. The van der Waals surface area contributed by atoms with Crippen molar-refractivity contribution in [3.8, 4) is 0 Å². The van der Waals surface area contributed by atoms with Crippen LogP contribution in [-0.2, 0) is 20.9 Å². The predicted molar refractivity (Wildman–Crippen MR) is 89.9 cm³/mol. The Bertz CT molecular complexity index is 647. The van der Waals surface area contributed by atoms with Gasteiger partial charge in [0.1, 0.15) is 0 Å². The minimum absolute atomic E-state index is 0.132. The molecule has 1 unspecified atom stereocenters. The fourth-order valence-electron chi connectivity index (χ4n) is 2.21. The number of aromatic nitrogens is 1. The van der Waals surface area contributed by atoms with Gasteiger partial charge >= 0.3 is 0 Å². The Balaban J connectivity index is 1.72. The number of nitrogens with zero attached hydrogens (tertiary/aromatic N) is 1. The standard InChI is InChI=1S/C18H21N3O3/c1-24-17(15-7-3-2-4-8-15)18(23)20-11-9-16(22)21-13-14-6-5-10-19-12-14/h2-8,10,12,17H,9,11,13H2,1H3,(H,20,23)(H,21,22). The molecule has 0 bridgehead atoms. The van der Waals surface area contributed by atoms with Crippen LogP contribution in [0.5, 0.6) is 0 Å². The summed E-state index contributed by atoms with van der Waals surface area (Å²) in [5, 5.41) is 5.51. The van der Waals surface area contributed by atoms with Crippen LogP contribution in [0.15, 0.2) is 54.9 Å². The van der Waals surface area contributed by atoms with Gasteiger partial charge in [-0.05, 0) is 17.2 Å². The first-order valence-corrected chi connectivity index (χ1v) is 7.71. The molecule has 2 aromatic rings. The molecule has 0 saturated carbocycles. The number of pyridine rings is 1. The zero-order chi connectivity index (χ0) is 17.2. The average molecular weight is 327 g/mol. The predicted octanol–water partition coefficient (Wildman–Crippen LogP) is 1.59. The number of hydrogen-bond acceptors (Lipinski definition) is 4. The van der Waals surface area contributed by atoms with Gasteiger partial charge in [0.05, 0.1) is 0 Å². The highest BCUT2D eigenvalue weighted by atomic mass is 16.5. The number of rotatable bonds is 8. The van der Waals surface area contributed by atoms with Crippen LogP contribution in [0, 0.1) is 0 Å². The molecule has 6 heteroatoms. The van der Waals surface area contributed by atoms with E-state index in [1.165, 1.54) is 7.11 Å². The van der Waals surface area contributed by atoms with E-state index in [9.17, 15) is 9.59 Å². The highest BCUT2D eigenvalue weighted by Crippen LogP contribution is 2.15. The van der Waals surface area contributed by atoms with Crippen LogP contribution in [-0.4, -0.2) is 30.5 Å². The molecule has 0 spiro atoms. The minimum Gasteiger partial charge on any atom is -0.367 e. The van der Waals surface area contributed by atoms with Crippen LogP contribution < -0.4 is 10.6 Å². The van der Waals surface area contributed by atoms with E-state index >= 15 is 0 Å². The van der Waals surface area contributed by atoms with Crippen molar-refractivity contribution in [3.05, 3.63) is 66.0 Å². The highest BCUT2D eigenvalue weighted by Gasteiger charge is 2.19. The number of methoxy groups -OCH3 is 1. The second-order valence-electron chi connectivity index (χ2n) is 5.21. The SMILES string of the molecule is COC(C(=O)NCCC(=O)NCc1cccnc1)c1ccccc1. The fraction of sp³-hybridized carbons (Fsp3) is 0.278. The summed E-state index contributed by atoms with van der Waals surface area (Å²) in [5.74, 6) is -0.392. The first-order valence-electron chi connectivity index (χ1n) is 7.71. The quantitative estimate of drug-likeness (QED) is 0.771. The Morgan fingerprint density at radius 2 is 1.92 bits per heavy atom. The second-order valence-corrected chi connectivity index (χ2v) is 5.21. The molecule has 2 amide bonds. The molecule has 0 saturated heterocycles. The van der Waals surface area contributed by atoms with Crippen LogP contribution in [0.3, 0.4) is 0 Å². The number of amides is 2. The first kappa shape index (κ1) is 17.6. The van der Waals surface area contributed by atoms with Crippen molar-refractivity contribution in [2.24, 2.45) is 0 Å². The first-order chi connectivity index (χ1) is 11.7.